The summed E-state index contributed by atoms with van der Waals surface area (Å²) in [5.41, 5.74) is 0.693. The van der Waals surface area contributed by atoms with Crippen molar-refractivity contribution in [3.63, 3.8) is 0 Å². The number of rotatable bonds is 6. The molecule has 0 fully saturated rings. The van der Waals surface area contributed by atoms with Crippen LogP contribution in [0.2, 0.25) is 0 Å². The first-order chi connectivity index (χ1) is 7.72. The molecule has 90 valence electrons. The van der Waals surface area contributed by atoms with Crippen molar-refractivity contribution >= 4 is 11.6 Å². The Morgan fingerprint density at radius 3 is 2.75 bits per heavy atom. The molecule has 3 heteroatoms. The second-order valence-corrected chi connectivity index (χ2v) is 4.26. The van der Waals surface area contributed by atoms with Crippen LogP contribution in [0.1, 0.15) is 25.3 Å². The smallest absolute Gasteiger partial charge is 0.168 e. The highest BCUT2D eigenvalue weighted by molar-refractivity contribution is 6.18. The van der Waals surface area contributed by atoms with Gasteiger partial charge in [-0.25, -0.2) is 4.39 Å². The SMILES string of the molecule is CCCC(CCl)Cc1cccc(OC)c1F. The van der Waals surface area contributed by atoms with E-state index in [0.29, 0.717) is 29.5 Å². The molecule has 1 rings (SSSR count). The van der Waals surface area contributed by atoms with Crippen LogP contribution in [0, 0.1) is 11.7 Å². The maximum Gasteiger partial charge on any atom is 0.168 e. The van der Waals surface area contributed by atoms with E-state index in [4.69, 9.17) is 16.3 Å². The summed E-state index contributed by atoms with van der Waals surface area (Å²) >= 11 is 5.87. The Bertz CT molecular complexity index is 328. The van der Waals surface area contributed by atoms with Gasteiger partial charge in [0, 0.05) is 5.88 Å². The third-order valence-electron chi connectivity index (χ3n) is 2.69. The summed E-state index contributed by atoms with van der Waals surface area (Å²) in [6, 6.07) is 5.25. The summed E-state index contributed by atoms with van der Waals surface area (Å²) in [6.45, 7) is 2.11. The number of hydrogen-bond donors (Lipinski definition) is 0. The van der Waals surface area contributed by atoms with Crippen molar-refractivity contribution in [1.82, 2.24) is 0 Å². The molecule has 0 aliphatic carbocycles. The fraction of sp³-hybridized carbons (Fsp3) is 0.538. The van der Waals surface area contributed by atoms with Gasteiger partial charge < -0.3 is 4.74 Å². The van der Waals surface area contributed by atoms with Crippen molar-refractivity contribution in [2.45, 2.75) is 26.2 Å². The summed E-state index contributed by atoms with van der Waals surface area (Å²) < 4.78 is 18.8. The standard InChI is InChI=1S/C13H18ClFO/c1-3-5-10(9-14)8-11-6-4-7-12(16-2)13(11)15/h4,6-7,10H,3,5,8-9H2,1-2H3. The number of methoxy groups -OCH3 is 1. The highest BCUT2D eigenvalue weighted by Gasteiger charge is 2.13. The summed E-state index contributed by atoms with van der Waals surface area (Å²) in [7, 11) is 1.48. The minimum absolute atomic E-state index is 0.254. The molecule has 0 bridgehead atoms. The Hall–Kier alpha value is -0.760. The van der Waals surface area contributed by atoms with Crippen LogP contribution >= 0.6 is 11.6 Å². The number of benzene rings is 1. The van der Waals surface area contributed by atoms with E-state index in [0.717, 1.165) is 12.8 Å². The van der Waals surface area contributed by atoms with Crippen molar-refractivity contribution < 1.29 is 9.13 Å². The lowest BCUT2D eigenvalue weighted by Gasteiger charge is -2.14. The molecule has 1 aromatic rings. The molecule has 16 heavy (non-hydrogen) atoms. The van der Waals surface area contributed by atoms with Gasteiger partial charge in [-0.3, -0.25) is 0 Å². The summed E-state index contributed by atoms with van der Waals surface area (Å²) in [6.07, 6.45) is 2.78. The van der Waals surface area contributed by atoms with Gasteiger partial charge in [0.2, 0.25) is 0 Å². The Morgan fingerprint density at radius 1 is 1.44 bits per heavy atom. The third-order valence-corrected chi connectivity index (χ3v) is 3.12. The summed E-state index contributed by atoms with van der Waals surface area (Å²) in [5.74, 6) is 0.969. The molecule has 0 spiro atoms. The highest BCUT2D eigenvalue weighted by atomic mass is 35.5. The van der Waals surface area contributed by atoms with Crippen LogP contribution < -0.4 is 4.74 Å². The molecule has 0 aromatic heterocycles. The first kappa shape index (κ1) is 13.3. The monoisotopic (exact) mass is 244 g/mol. The number of ether oxygens (including phenoxy) is 1. The molecule has 1 aromatic carbocycles. The molecule has 0 aliphatic heterocycles. The minimum atomic E-state index is -0.254. The Balaban J connectivity index is 2.79. The highest BCUT2D eigenvalue weighted by Crippen LogP contribution is 2.24. The molecule has 0 aliphatic rings. The fourth-order valence-corrected chi connectivity index (χ4v) is 2.09. The van der Waals surface area contributed by atoms with Crippen molar-refractivity contribution in [3.05, 3.63) is 29.6 Å². The van der Waals surface area contributed by atoms with Gasteiger partial charge in [0.05, 0.1) is 7.11 Å². The first-order valence-electron chi connectivity index (χ1n) is 5.60. The predicted octanol–water partition coefficient (Wildman–Crippen LogP) is 4.03. The molecule has 1 atom stereocenters. The van der Waals surface area contributed by atoms with E-state index in [1.54, 1.807) is 12.1 Å². The third kappa shape index (κ3) is 3.38. The molecular formula is C13H18ClFO. The van der Waals surface area contributed by atoms with E-state index >= 15 is 0 Å². The zero-order valence-electron chi connectivity index (χ0n) is 9.80. The lowest BCUT2D eigenvalue weighted by atomic mass is 9.96. The number of alkyl halides is 1. The van der Waals surface area contributed by atoms with Gasteiger partial charge in [-0.1, -0.05) is 25.5 Å². The van der Waals surface area contributed by atoms with Crippen LogP contribution in [0.15, 0.2) is 18.2 Å². The molecular weight excluding hydrogens is 227 g/mol. The molecule has 0 radical (unpaired) electrons. The Morgan fingerprint density at radius 2 is 2.19 bits per heavy atom. The predicted molar refractivity (Wildman–Crippen MR) is 65.8 cm³/mol. The van der Waals surface area contributed by atoms with Gasteiger partial charge in [0.15, 0.2) is 11.6 Å². The molecule has 0 saturated heterocycles. The van der Waals surface area contributed by atoms with Crippen molar-refractivity contribution in [2.24, 2.45) is 5.92 Å². The lowest BCUT2D eigenvalue weighted by Crippen LogP contribution is -2.08. The zero-order chi connectivity index (χ0) is 12.0. The maximum atomic E-state index is 13.8. The van der Waals surface area contributed by atoms with Gasteiger partial charge in [-0.15, -0.1) is 11.6 Å². The van der Waals surface area contributed by atoms with E-state index < -0.39 is 0 Å². The molecule has 1 unspecified atom stereocenters. The zero-order valence-corrected chi connectivity index (χ0v) is 10.6. The largest absolute Gasteiger partial charge is 0.494 e. The van der Waals surface area contributed by atoms with Gasteiger partial charge >= 0.3 is 0 Å². The van der Waals surface area contributed by atoms with Crippen LogP contribution in [-0.2, 0) is 6.42 Å². The normalized spacial score (nSPS) is 12.5. The topological polar surface area (TPSA) is 9.23 Å². The van der Waals surface area contributed by atoms with Crippen LogP contribution in [0.3, 0.4) is 0 Å². The van der Waals surface area contributed by atoms with E-state index in [-0.39, 0.29) is 5.82 Å². The van der Waals surface area contributed by atoms with Gasteiger partial charge in [-0.05, 0) is 30.4 Å². The van der Waals surface area contributed by atoms with E-state index in [1.807, 2.05) is 6.07 Å². The average Bonchev–Trinajstić information content (AvgIpc) is 2.31. The maximum absolute atomic E-state index is 13.8. The van der Waals surface area contributed by atoms with Gasteiger partial charge in [0.1, 0.15) is 0 Å². The first-order valence-corrected chi connectivity index (χ1v) is 6.13. The molecule has 0 amide bonds. The minimum Gasteiger partial charge on any atom is -0.494 e. The van der Waals surface area contributed by atoms with Gasteiger partial charge in [-0.2, -0.15) is 0 Å². The second kappa shape index (κ2) is 6.74. The lowest BCUT2D eigenvalue weighted by molar-refractivity contribution is 0.382. The molecule has 0 heterocycles. The van der Waals surface area contributed by atoms with E-state index in [9.17, 15) is 4.39 Å². The van der Waals surface area contributed by atoms with Crippen LogP contribution in [-0.4, -0.2) is 13.0 Å². The van der Waals surface area contributed by atoms with Crippen LogP contribution in [0.4, 0.5) is 4.39 Å². The van der Waals surface area contributed by atoms with Crippen molar-refractivity contribution in [3.8, 4) is 5.75 Å². The quantitative estimate of drug-likeness (QED) is 0.687. The average molecular weight is 245 g/mol. The fourth-order valence-electron chi connectivity index (χ4n) is 1.82. The van der Waals surface area contributed by atoms with Crippen molar-refractivity contribution in [1.29, 1.82) is 0 Å². The van der Waals surface area contributed by atoms with E-state index in [1.165, 1.54) is 7.11 Å². The summed E-state index contributed by atoms with van der Waals surface area (Å²) in [4.78, 5) is 0. The second-order valence-electron chi connectivity index (χ2n) is 3.95. The summed E-state index contributed by atoms with van der Waals surface area (Å²) in [5, 5.41) is 0. The Kier molecular flexibility index (Phi) is 5.61. The molecule has 0 saturated carbocycles. The number of hydrogen-bond acceptors (Lipinski definition) is 1. The van der Waals surface area contributed by atoms with Crippen molar-refractivity contribution in [2.75, 3.05) is 13.0 Å². The van der Waals surface area contributed by atoms with Crippen LogP contribution in [0.5, 0.6) is 5.75 Å². The Labute approximate surface area is 102 Å². The molecule has 1 nitrogen and oxygen atoms in total. The van der Waals surface area contributed by atoms with Gasteiger partial charge in [0.25, 0.3) is 0 Å². The van der Waals surface area contributed by atoms with E-state index in [2.05, 4.69) is 6.92 Å². The number of halogens is 2. The van der Waals surface area contributed by atoms with Crippen LogP contribution in [0.25, 0.3) is 0 Å². The molecule has 0 N–H and O–H groups in total.